The molecule has 0 atom stereocenters. The van der Waals surface area contributed by atoms with Gasteiger partial charge in [-0.25, -0.2) is 0 Å². The van der Waals surface area contributed by atoms with Crippen molar-refractivity contribution in [2.75, 3.05) is 0 Å². The summed E-state index contributed by atoms with van der Waals surface area (Å²) in [4.78, 5) is 11.9. The lowest BCUT2D eigenvalue weighted by molar-refractivity contribution is -0.117. The van der Waals surface area contributed by atoms with Gasteiger partial charge in [0.15, 0.2) is 11.5 Å². The normalized spacial score (nSPS) is 11.3. The van der Waals surface area contributed by atoms with E-state index in [1.807, 2.05) is 6.07 Å². The molecule has 3 N–H and O–H groups in total. The Hall–Kier alpha value is -3.46. The number of phenols is 2. The second-order valence-electron chi connectivity index (χ2n) is 4.56. The number of hydrogen-bond donors (Lipinski definition) is 3. The Labute approximate surface area is 132 Å². The van der Waals surface area contributed by atoms with E-state index in [9.17, 15) is 15.0 Å². The highest BCUT2D eigenvalue weighted by molar-refractivity contribution is 5.97. The first-order valence-corrected chi connectivity index (χ1v) is 6.71. The van der Waals surface area contributed by atoms with Crippen molar-refractivity contribution < 1.29 is 19.4 Å². The lowest BCUT2D eigenvalue weighted by Crippen LogP contribution is -2.23. The number of benzene rings is 1. The number of nitrogens with zero attached hydrogens (tertiary/aromatic N) is 1. The monoisotopic (exact) mass is 310 g/mol. The predicted molar refractivity (Wildman–Crippen MR) is 83.1 cm³/mol. The number of carbonyl (C=O) groups is 1. The molecule has 2 rings (SSSR count). The van der Waals surface area contributed by atoms with E-state index in [-0.39, 0.29) is 23.6 Å². The van der Waals surface area contributed by atoms with Gasteiger partial charge in [0.25, 0.3) is 5.91 Å². The summed E-state index contributed by atoms with van der Waals surface area (Å²) in [6.45, 7) is 0.195. The quantitative estimate of drug-likeness (QED) is 0.340. The van der Waals surface area contributed by atoms with Gasteiger partial charge in [-0.3, -0.25) is 4.79 Å². The van der Waals surface area contributed by atoms with E-state index in [2.05, 4.69) is 5.32 Å². The number of hydrogen-bond acceptors (Lipinski definition) is 5. The maximum absolute atomic E-state index is 11.9. The van der Waals surface area contributed by atoms with Crippen LogP contribution in [0.2, 0.25) is 0 Å². The Morgan fingerprint density at radius 3 is 2.78 bits per heavy atom. The van der Waals surface area contributed by atoms with Crippen LogP contribution in [-0.4, -0.2) is 16.1 Å². The van der Waals surface area contributed by atoms with E-state index in [0.29, 0.717) is 11.3 Å². The highest BCUT2D eigenvalue weighted by Gasteiger charge is 2.08. The molecule has 1 aromatic heterocycles. The van der Waals surface area contributed by atoms with Gasteiger partial charge in [0.1, 0.15) is 17.4 Å². The SMILES string of the molecule is N#C/C(=C\C=C\c1ccc(O)c(O)c1)C(=O)NCc1ccco1. The molecule has 0 aliphatic carbocycles. The van der Waals surface area contributed by atoms with Crippen molar-refractivity contribution in [1.82, 2.24) is 5.32 Å². The Morgan fingerprint density at radius 1 is 1.30 bits per heavy atom. The fourth-order valence-corrected chi connectivity index (χ4v) is 1.74. The van der Waals surface area contributed by atoms with Crippen LogP contribution in [0.15, 0.2) is 58.7 Å². The van der Waals surface area contributed by atoms with Crippen LogP contribution in [0.4, 0.5) is 0 Å². The predicted octanol–water partition coefficient (Wildman–Crippen LogP) is 2.47. The van der Waals surface area contributed by atoms with Crippen molar-refractivity contribution in [3.63, 3.8) is 0 Å². The second kappa shape index (κ2) is 7.52. The third-order valence-corrected chi connectivity index (χ3v) is 2.92. The second-order valence-corrected chi connectivity index (χ2v) is 4.56. The molecule has 0 spiro atoms. The number of phenolic OH excluding ortho intramolecular Hbond substituents is 2. The molecule has 2 aromatic rings. The lowest BCUT2D eigenvalue weighted by Gasteiger charge is -2.01. The minimum atomic E-state index is -0.512. The van der Waals surface area contributed by atoms with Crippen LogP contribution in [0.25, 0.3) is 6.08 Å². The molecule has 1 amide bonds. The molecule has 0 fully saturated rings. The molecule has 0 saturated heterocycles. The number of carbonyl (C=O) groups excluding carboxylic acids is 1. The zero-order chi connectivity index (χ0) is 16.7. The Bertz CT molecular complexity index is 783. The molecule has 0 aliphatic heterocycles. The van der Waals surface area contributed by atoms with Gasteiger partial charge in [0.05, 0.1) is 12.8 Å². The topological polar surface area (TPSA) is 106 Å². The van der Waals surface area contributed by atoms with E-state index >= 15 is 0 Å². The third kappa shape index (κ3) is 4.51. The van der Waals surface area contributed by atoms with Gasteiger partial charge >= 0.3 is 0 Å². The summed E-state index contributed by atoms with van der Waals surface area (Å²) in [5, 5.41) is 30.2. The first kappa shape index (κ1) is 15.9. The molecule has 0 radical (unpaired) electrons. The standard InChI is InChI=1S/C17H14N2O4/c18-10-13(17(22)19-11-14-5-2-8-23-14)4-1-3-12-6-7-15(20)16(21)9-12/h1-9,20-21H,11H2,(H,19,22)/b3-1+,13-4+. The van der Waals surface area contributed by atoms with Crippen LogP contribution in [0.3, 0.4) is 0 Å². The summed E-state index contributed by atoms with van der Waals surface area (Å²) in [7, 11) is 0. The van der Waals surface area contributed by atoms with E-state index in [1.165, 1.54) is 30.5 Å². The van der Waals surface area contributed by atoms with E-state index in [4.69, 9.17) is 9.68 Å². The van der Waals surface area contributed by atoms with Crippen LogP contribution in [0.5, 0.6) is 11.5 Å². The molecule has 1 aromatic carbocycles. The molecular weight excluding hydrogens is 296 g/mol. The average molecular weight is 310 g/mol. The summed E-state index contributed by atoms with van der Waals surface area (Å²) in [6.07, 6.45) is 5.97. The number of nitrogens with one attached hydrogen (secondary N) is 1. The van der Waals surface area contributed by atoms with Crippen LogP contribution < -0.4 is 5.32 Å². The third-order valence-electron chi connectivity index (χ3n) is 2.92. The summed E-state index contributed by atoms with van der Waals surface area (Å²) in [5.74, 6) is -0.381. The van der Waals surface area contributed by atoms with E-state index in [1.54, 1.807) is 24.3 Å². The van der Waals surface area contributed by atoms with Crippen LogP contribution in [0.1, 0.15) is 11.3 Å². The van der Waals surface area contributed by atoms with Gasteiger partial charge in [0, 0.05) is 0 Å². The number of nitriles is 1. The van der Waals surface area contributed by atoms with Crippen LogP contribution in [0, 0.1) is 11.3 Å². The highest BCUT2D eigenvalue weighted by atomic mass is 16.3. The number of aromatic hydroxyl groups is 2. The van der Waals surface area contributed by atoms with Gasteiger partial charge in [-0.15, -0.1) is 0 Å². The zero-order valence-electron chi connectivity index (χ0n) is 12.1. The first-order chi connectivity index (χ1) is 11.1. The van der Waals surface area contributed by atoms with E-state index < -0.39 is 5.91 Å². The van der Waals surface area contributed by atoms with Gasteiger partial charge in [0.2, 0.25) is 0 Å². The van der Waals surface area contributed by atoms with Crippen molar-refractivity contribution in [2.45, 2.75) is 6.54 Å². The van der Waals surface area contributed by atoms with Crippen molar-refractivity contribution in [1.29, 1.82) is 5.26 Å². The number of rotatable bonds is 5. The zero-order valence-corrected chi connectivity index (χ0v) is 12.1. The number of amides is 1. The van der Waals surface area contributed by atoms with Crippen LogP contribution in [-0.2, 0) is 11.3 Å². The van der Waals surface area contributed by atoms with Crippen molar-refractivity contribution >= 4 is 12.0 Å². The van der Waals surface area contributed by atoms with Gasteiger partial charge in [-0.05, 0) is 35.9 Å². The molecule has 0 aliphatic rings. The minimum Gasteiger partial charge on any atom is -0.504 e. The van der Waals surface area contributed by atoms with Crippen molar-refractivity contribution in [2.24, 2.45) is 0 Å². The van der Waals surface area contributed by atoms with Crippen molar-refractivity contribution in [3.05, 3.63) is 65.6 Å². The summed E-state index contributed by atoms with van der Waals surface area (Å²) < 4.78 is 5.08. The lowest BCUT2D eigenvalue weighted by atomic mass is 10.1. The first-order valence-electron chi connectivity index (χ1n) is 6.71. The maximum atomic E-state index is 11.9. The summed E-state index contributed by atoms with van der Waals surface area (Å²) in [6, 6.07) is 9.54. The molecule has 0 saturated carbocycles. The summed E-state index contributed by atoms with van der Waals surface area (Å²) in [5.41, 5.74) is 0.556. The molecule has 23 heavy (non-hydrogen) atoms. The fourth-order valence-electron chi connectivity index (χ4n) is 1.74. The Balaban J connectivity index is 2.00. The maximum Gasteiger partial charge on any atom is 0.262 e. The van der Waals surface area contributed by atoms with Gasteiger partial charge in [-0.2, -0.15) is 5.26 Å². The van der Waals surface area contributed by atoms with Gasteiger partial charge < -0.3 is 19.9 Å². The molecule has 1 heterocycles. The minimum absolute atomic E-state index is 0.0594. The summed E-state index contributed by atoms with van der Waals surface area (Å²) >= 11 is 0. The largest absolute Gasteiger partial charge is 0.504 e. The molecule has 6 heteroatoms. The van der Waals surface area contributed by atoms with Gasteiger partial charge in [-0.1, -0.05) is 18.2 Å². The van der Waals surface area contributed by atoms with Crippen molar-refractivity contribution in [3.8, 4) is 17.6 Å². The number of allylic oxidation sites excluding steroid dienone is 2. The van der Waals surface area contributed by atoms with E-state index in [0.717, 1.165) is 0 Å². The van der Waals surface area contributed by atoms with Crippen LogP contribution >= 0.6 is 0 Å². The molecule has 0 bridgehead atoms. The number of furan rings is 1. The highest BCUT2D eigenvalue weighted by Crippen LogP contribution is 2.25. The Kier molecular flexibility index (Phi) is 5.21. The Morgan fingerprint density at radius 2 is 2.13 bits per heavy atom. The fraction of sp³-hybridized carbons (Fsp3) is 0.0588. The molecule has 116 valence electrons. The molecule has 0 unspecified atom stereocenters. The smallest absolute Gasteiger partial charge is 0.262 e. The molecular formula is C17H14N2O4. The average Bonchev–Trinajstić information content (AvgIpc) is 3.06. The molecule has 6 nitrogen and oxygen atoms in total.